The van der Waals surface area contributed by atoms with Crippen molar-refractivity contribution < 1.29 is 4.92 Å². The summed E-state index contributed by atoms with van der Waals surface area (Å²) >= 11 is 0. The van der Waals surface area contributed by atoms with Gasteiger partial charge in [-0.05, 0) is 17.7 Å². The Morgan fingerprint density at radius 2 is 1.74 bits per heavy atom. The van der Waals surface area contributed by atoms with E-state index in [2.05, 4.69) is 5.32 Å². The van der Waals surface area contributed by atoms with Gasteiger partial charge in [0.15, 0.2) is 0 Å². The van der Waals surface area contributed by atoms with Crippen LogP contribution in [0, 0.1) is 10.1 Å². The smallest absolute Gasteiger partial charge is 0.269 e. The Morgan fingerprint density at radius 1 is 1.11 bits per heavy atom. The van der Waals surface area contributed by atoms with E-state index in [1.165, 1.54) is 12.1 Å². The van der Waals surface area contributed by atoms with Crippen LogP contribution in [0.25, 0.3) is 0 Å². The van der Waals surface area contributed by atoms with E-state index in [4.69, 9.17) is 5.73 Å². The van der Waals surface area contributed by atoms with E-state index in [-0.39, 0.29) is 11.7 Å². The summed E-state index contributed by atoms with van der Waals surface area (Å²) in [5.74, 6) is 0. The van der Waals surface area contributed by atoms with Crippen LogP contribution < -0.4 is 11.1 Å². The van der Waals surface area contributed by atoms with Crippen LogP contribution in [-0.2, 0) is 0 Å². The molecule has 0 spiro atoms. The predicted molar refractivity (Wildman–Crippen MR) is 75.0 cm³/mol. The van der Waals surface area contributed by atoms with E-state index in [1.807, 2.05) is 30.3 Å². The van der Waals surface area contributed by atoms with Crippen molar-refractivity contribution in [1.29, 1.82) is 0 Å². The topological polar surface area (TPSA) is 81.2 Å². The zero-order valence-corrected chi connectivity index (χ0v) is 10.3. The molecule has 2 rings (SSSR count). The summed E-state index contributed by atoms with van der Waals surface area (Å²) in [5, 5.41) is 13.7. The highest BCUT2D eigenvalue weighted by Crippen LogP contribution is 2.16. The van der Waals surface area contributed by atoms with Gasteiger partial charge in [0.2, 0.25) is 0 Å². The van der Waals surface area contributed by atoms with Crippen molar-refractivity contribution in [3.05, 3.63) is 70.3 Å². The largest absolute Gasteiger partial charge is 0.383 e. The molecular formula is C14H15N3O2. The fraction of sp³-hybridized carbons (Fsp3) is 0.143. The Balaban J connectivity index is 1.93. The molecule has 3 N–H and O–H groups in total. The van der Waals surface area contributed by atoms with Gasteiger partial charge in [-0.3, -0.25) is 10.1 Å². The van der Waals surface area contributed by atoms with E-state index in [9.17, 15) is 10.1 Å². The van der Waals surface area contributed by atoms with Crippen LogP contribution in [0.3, 0.4) is 0 Å². The molecular weight excluding hydrogens is 242 g/mol. The number of nitro benzene ring substituents is 1. The molecule has 0 aliphatic carbocycles. The van der Waals surface area contributed by atoms with E-state index >= 15 is 0 Å². The average Bonchev–Trinajstić information content (AvgIpc) is 2.46. The highest BCUT2D eigenvalue weighted by Gasteiger charge is 2.06. The van der Waals surface area contributed by atoms with Gasteiger partial charge >= 0.3 is 0 Å². The molecule has 1 atom stereocenters. The first-order chi connectivity index (χ1) is 9.16. The lowest BCUT2D eigenvalue weighted by Gasteiger charge is -2.13. The monoisotopic (exact) mass is 257 g/mol. The number of nitrogens with two attached hydrogens (primary N) is 1. The molecule has 2 aromatic carbocycles. The Kier molecular flexibility index (Phi) is 4.10. The summed E-state index contributed by atoms with van der Waals surface area (Å²) in [7, 11) is 0. The summed E-state index contributed by atoms with van der Waals surface area (Å²) in [4.78, 5) is 10.1. The van der Waals surface area contributed by atoms with Crippen molar-refractivity contribution in [3.8, 4) is 0 Å². The second-order valence-corrected chi connectivity index (χ2v) is 4.20. The highest BCUT2D eigenvalue weighted by molar-refractivity contribution is 5.48. The molecule has 0 heterocycles. The minimum Gasteiger partial charge on any atom is -0.383 e. The highest BCUT2D eigenvalue weighted by atomic mass is 16.6. The first-order valence-corrected chi connectivity index (χ1v) is 5.95. The van der Waals surface area contributed by atoms with Crippen molar-refractivity contribution >= 4 is 11.4 Å². The standard InChI is InChI=1S/C14H15N3O2/c15-14(11-4-2-1-3-5-11)10-16-12-6-8-13(9-7-12)17(18)19/h1-9,14,16H,10,15H2. The summed E-state index contributed by atoms with van der Waals surface area (Å²) in [6.07, 6.45) is 0. The van der Waals surface area contributed by atoms with Crippen LogP contribution in [0.1, 0.15) is 11.6 Å². The number of benzene rings is 2. The number of nitrogens with zero attached hydrogens (tertiary/aromatic N) is 1. The van der Waals surface area contributed by atoms with Gasteiger partial charge in [-0.25, -0.2) is 0 Å². The fourth-order valence-electron chi connectivity index (χ4n) is 1.75. The van der Waals surface area contributed by atoms with Crippen molar-refractivity contribution in [1.82, 2.24) is 0 Å². The molecule has 0 saturated heterocycles. The number of non-ortho nitro benzene ring substituents is 1. The first-order valence-electron chi connectivity index (χ1n) is 5.95. The number of hydrogen-bond donors (Lipinski definition) is 2. The molecule has 5 nitrogen and oxygen atoms in total. The lowest BCUT2D eigenvalue weighted by molar-refractivity contribution is -0.384. The zero-order valence-electron chi connectivity index (χ0n) is 10.3. The quantitative estimate of drug-likeness (QED) is 0.637. The molecule has 0 aromatic heterocycles. The fourth-order valence-corrected chi connectivity index (χ4v) is 1.75. The second-order valence-electron chi connectivity index (χ2n) is 4.20. The molecule has 0 amide bonds. The number of rotatable bonds is 5. The maximum Gasteiger partial charge on any atom is 0.269 e. The molecule has 0 fully saturated rings. The molecule has 1 unspecified atom stereocenters. The molecule has 2 aromatic rings. The normalized spacial score (nSPS) is 11.8. The average molecular weight is 257 g/mol. The number of hydrogen-bond acceptors (Lipinski definition) is 4. The van der Waals surface area contributed by atoms with Crippen molar-refractivity contribution in [3.63, 3.8) is 0 Å². The van der Waals surface area contributed by atoms with Gasteiger partial charge in [0.1, 0.15) is 0 Å². The van der Waals surface area contributed by atoms with Crippen molar-refractivity contribution in [2.75, 3.05) is 11.9 Å². The molecule has 0 bridgehead atoms. The first kappa shape index (κ1) is 13.0. The Labute approximate surface area is 111 Å². The van der Waals surface area contributed by atoms with Gasteiger partial charge < -0.3 is 11.1 Å². The van der Waals surface area contributed by atoms with Gasteiger partial charge in [0, 0.05) is 30.4 Å². The third-order valence-corrected chi connectivity index (χ3v) is 2.83. The van der Waals surface area contributed by atoms with Gasteiger partial charge in [-0.1, -0.05) is 30.3 Å². The molecule has 19 heavy (non-hydrogen) atoms. The third kappa shape index (κ3) is 3.53. The van der Waals surface area contributed by atoms with Crippen LogP contribution in [0.4, 0.5) is 11.4 Å². The third-order valence-electron chi connectivity index (χ3n) is 2.83. The Hall–Kier alpha value is -2.40. The SMILES string of the molecule is NC(CNc1ccc([N+](=O)[O-])cc1)c1ccccc1. The van der Waals surface area contributed by atoms with Gasteiger partial charge in [-0.2, -0.15) is 0 Å². The van der Waals surface area contributed by atoms with Crippen LogP contribution in [0.15, 0.2) is 54.6 Å². The molecule has 0 aliphatic heterocycles. The van der Waals surface area contributed by atoms with E-state index in [0.29, 0.717) is 6.54 Å². The van der Waals surface area contributed by atoms with Crippen molar-refractivity contribution in [2.45, 2.75) is 6.04 Å². The maximum atomic E-state index is 10.5. The predicted octanol–water partition coefficient (Wildman–Crippen LogP) is 2.71. The maximum absolute atomic E-state index is 10.5. The van der Waals surface area contributed by atoms with E-state index in [0.717, 1.165) is 11.3 Å². The summed E-state index contributed by atoms with van der Waals surface area (Å²) in [6.45, 7) is 0.571. The van der Waals surface area contributed by atoms with E-state index < -0.39 is 4.92 Å². The Morgan fingerprint density at radius 3 is 2.32 bits per heavy atom. The summed E-state index contributed by atoms with van der Waals surface area (Å²) in [5.41, 5.74) is 8.00. The number of nitro groups is 1. The molecule has 0 aliphatic rings. The molecule has 0 saturated carbocycles. The lowest BCUT2D eigenvalue weighted by Crippen LogP contribution is -2.20. The minimum atomic E-state index is -0.417. The Bertz CT molecular complexity index is 540. The summed E-state index contributed by atoms with van der Waals surface area (Å²) < 4.78 is 0. The number of anilines is 1. The van der Waals surface area contributed by atoms with Crippen LogP contribution >= 0.6 is 0 Å². The summed E-state index contributed by atoms with van der Waals surface area (Å²) in [6, 6.07) is 16.0. The minimum absolute atomic E-state index is 0.0814. The zero-order chi connectivity index (χ0) is 13.7. The molecule has 0 radical (unpaired) electrons. The molecule has 5 heteroatoms. The number of nitrogens with one attached hydrogen (secondary N) is 1. The van der Waals surface area contributed by atoms with E-state index in [1.54, 1.807) is 12.1 Å². The van der Waals surface area contributed by atoms with Gasteiger partial charge in [0.25, 0.3) is 5.69 Å². The molecule has 98 valence electrons. The van der Waals surface area contributed by atoms with Crippen molar-refractivity contribution in [2.24, 2.45) is 5.73 Å². The van der Waals surface area contributed by atoms with Crippen LogP contribution in [0.2, 0.25) is 0 Å². The second kappa shape index (κ2) is 5.97. The van der Waals surface area contributed by atoms with Crippen LogP contribution in [0.5, 0.6) is 0 Å². The van der Waals surface area contributed by atoms with Gasteiger partial charge in [-0.15, -0.1) is 0 Å². The van der Waals surface area contributed by atoms with Gasteiger partial charge in [0.05, 0.1) is 4.92 Å². The van der Waals surface area contributed by atoms with Crippen LogP contribution in [-0.4, -0.2) is 11.5 Å². The lowest BCUT2D eigenvalue weighted by atomic mass is 10.1.